The van der Waals surface area contributed by atoms with Crippen molar-refractivity contribution in [3.63, 3.8) is 0 Å². The number of hydrogen-bond donors (Lipinski definition) is 2. The summed E-state index contributed by atoms with van der Waals surface area (Å²) >= 11 is 0. The van der Waals surface area contributed by atoms with E-state index in [1.165, 1.54) is 11.8 Å². The first-order valence-electron chi connectivity index (χ1n) is 5.39. The summed E-state index contributed by atoms with van der Waals surface area (Å²) in [5.41, 5.74) is 8.96. The zero-order valence-corrected chi connectivity index (χ0v) is 9.65. The maximum absolute atomic E-state index is 10.4. The second-order valence-electron chi connectivity index (χ2n) is 3.69. The molecule has 1 heterocycles. The fourth-order valence-electron chi connectivity index (χ4n) is 1.47. The van der Waals surface area contributed by atoms with E-state index in [2.05, 4.69) is 15.6 Å². The molecule has 0 saturated carbocycles. The number of nitrogens with two attached hydrogens (primary N) is 1. The molecule has 18 heavy (non-hydrogen) atoms. The number of carbonyl (C=O) groups excluding carboxylic acids is 1. The van der Waals surface area contributed by atoms with Gasteiger partial charge in [0, 0.05) is 11.8 Å². The van der Waals surface area contributed by atoms with Crippen LogP contribution in [0.25, 0.3) is 0 Å². The van der Waals surface area contributed by atoms with Gasteiger partial charge in [-0.05, 0) is 5.56 Å². The predicted octanol–water partition coefficient (Wildman–Crippen LogP) is 0.934. The van der Waals surface area contributed by atoms with Crippen molar-refractivity contribution in [3.8, 4) is 0 Å². The SMILES string of the molecule is NC(=O)N/N=C\c1cnn(Cc2ccccc2)c1. The van der Waals surface area contributed by atoms with Gasteiger partial charge in [0.2, 0.25) is 0 Å². The van der Waals surface area contributed by atoms with E-state index in [0.29, 0.717) is 6.54 Å². The molecule has 0 bridgehead atoms. The lowest BCUT2D eigenvalue weighted by atomic mass is 10.2. The largest absolute Gasteiger partial charge is 0.350 e. The number of nitrogens with zero attached hydrogens (tertiary/aromatic N) is 3. The zero-order valence-electron chi connectivity index (χ0n) is 9.65. The van der Waals surface area contributed by atoms with E-state index < -0.39 is 6.03 Å². The smallest absolute Gasteiger partial charge is 0.332 e. The highest BCUT2D eigenvalue weighted by Crippen LogP contribution is 2.02. The summed E-state index contributed by atoms with van der Waals surface area (Å²) in [6.45, 7) is 0.692. The van der Waals surface area contributed by atoms with Gasteiger partial charge >= 0.3 is 6.03 Å². The Morgan fingerprint density at radius 1 is 1.44 bits per heavy atom. The molecule has 2 aromatic rings. The third-order valence-electron chi connectivity index (χ3n) is 2.23. The molecular weight excluding hydrogens is 230 g/mol. The van der Waals surface area contributed by atoms with E-state index >= 15 is 0 Å². The molecule has 1 aromatic heterocycles. The molecule has 0 spiro atoms. The Balaban J connectivity index is 1.98. The summed E-state index contributed by atoms with van der Waals surface area (Å²) in [5, 5.41) is 7.85. The maximum atomic E-state index is 10.4. The fraction of sp³-hybridized carbons (Fsp3) is 0.0833. The summed E-state index contributed by atoms with van der Waals surface area (Å²) in [6.07, 6.45) is 4.98. The van der Waals surface area contributed by atoms with E-state index in [1.54, 1.807) is 10.9 Å². The van der Waals surface area contributed by atoms with Crippen LogP contribution in [0.3, 0.4) is 0 Å². The number of amides is 2. The molecular formula is C12H13N5O. The van der Waals surface area contributed by atoms with Gasteiger partial charge in [-0.3, -0.25) is 4.68 Å². The minimum absolute atomic E-state index is 0.692. The number of hydrogen-bond acceptors (Lipinski definition) is 3. The lowest BCUT2D eigenvalue weighted by Crippen LogP contribution is -2.24. The number of urea groups is 1. The van der Waals surface area contributed by atoms with Crippen molar-refractivity contribution in [2.24, 2.45) is 10.8 Å². The van der Waals surface area contributed by atoms with Crippen LogP contribution >= 0.6 is 0 Å². The molecule has 0 radical (unpaired) electrons. The van der Waals surface area contributed by atoms with Crippen LogP contribution in [0, 0.1) is 0 Å². The first kappa shape index (κ1) is 11.8. The van der Waals surface area contributed by atoms with Gasteiger partial charge in [0.25, 0.3) is 0 Å². The van der Waals surface area contributed by atoms with Gasteiger partial charge in [0.05, 0.1) is 19.0 Å². The molecule has 1 aromatic carbocycles. The molecule has 0 aliphatic rings. The molecule has 0 aliphatic carbocycles. The van der Waals surface area contributed by atoms with Gasteiger partial charge in [-0.1, -0.05) is 30.3 Å². The third kappa shape index (κ3) is 3.44. The standard InChI is InChI=1S/C12H13N5O/c13-12(18)16-14-6-11-7-15-17(9-11)8-10-4-2-1-3-5-10/h1-7,9H,8H2,(H3,13,16,18)/b14-6-. The molecule has 92 valence electrons. The zero-order chi connectivity index (χ0) is 12.8. The Morgan fingerprint density at radius 2 is 2.22 bits per heavy atom. The molecule has 3 N–H and O–H groups in total. The van der Waals surface area contributed by atoms with E-state index in [4.69, 9.17) is 5.73 Å². The van der Waals surface area contributed by atoms with Crippen molar-refractivity contribution >= 4 is 12.2 Å². The topological polar surface area (TPSA) is 85.3 Å². The lowest BCUT2D eigenvalue weighted by Gasteiger charge is -2.00. The normalized spacial score (nSPS) is 10.7. The minimum atomic E-state index is -0.692. The molecule has 0 unspecified atom stereocenters. The van der Waals surface area contributed by atoms with Crippen LogP contribution in [0.4, 0.5) is 4.79 Å². The highest BCUT2D eigenvalue weighted by molar-refractivity contribution is 5.80. The summed E-state index contributed by atoms with van der Waals surface area (Å²) in [7, 11) is 0. The summed E-state index contributed by atoms with van der Waals surface area (Å²) in [5.74, 6) is 0. The van der Waals surface area contributed by atoms with E-state index in [1.807, 2.05) is 36.5 Å². The Hall–Kier alpha value is -2.63. The monoisotopic (exact) mass is 243 g/mol. The first-order chi connectivity index (χ1) is 8.74. The van der Waals surface area contributed by atoms with E-state index in [-0.39, 0.29) is 0 Å². The Bertz CT molecular complexity index is 547. The van der Waals surface area contributed by atoms with Gasteiger partial charge in [-0.2, -0.15) is 10.2 Å². The van der Waals surface area contributed by atoms with Gasteiger partial charge in [0.15, 0.2) is 0 Å². The van der Waals surface area contributed by atoms with Crippen molar-refractivity contribution < 1.29 is 4.79 Å². The number of rotatable bonds is 4. The predicted molar refractivity (Wildman–Crippen MR) is 68.1 cm³/mol. The average Bonchev–Trinajstić information content (AvgIpc) is 2.78. The highest BCUT2D eigenvalue weighted by atomic mass is 16.2. The number of primary amides is 1. The molecule has 2 rings (SSSR count). The minimum Gasteiger partial charge on any atom is -0.350 e. The Morgan fingerprint density at radius 3 is 2.94 bits per heavy atom. The number of hydrazone groups is 1. The van der Waals surface area contributed by atoms with Crippen molar-refractivity contribution in [3.05, 3.63) is 53.9 Å². The van der Waals surface area contributed by atoms with E-state index in [9.17, 15) is 4.79 Å². The molecule has 2 amide bonds. The fourth-order valence-corrected chi connectivity index (χ4v) is 1.47. The van der Waals surface area contributed by atoms with Crippen LogP contribution in [-0.2, 0) is 6.54 Å². The molecule has 0 saturated heterocycles. The maximum Gasteiger partial charge on any atom is 0.332 e. The van der Waals surface area contributed by atoms with Crippen molar-refractivity contribution in [2.75, 3.05) is 0 Å². The molecule has 6 heteroatoms. The number of aromatic nitrogens is 2. The summed E-state index contributed by atoms with van der Waals surface area (Å²) in [6, 6.07) is 9.31. The van der Waals surface area contributed by atoms with Crippen LogP contribution in [0.5, 0.6) is 0 Å². The number of carbonyl (C=O) groups is 1. The molecule has 6 nitrogen and oxygen atoms in total. The second-order valence-corrected chi connectivity index (χ2v) is 3.69. The third-order valence-corrected chi connectivity index (χ3v) is 2.23. The molecule has 0 aliphatic heterocycles. The van der Waals surface area contributed by atoms with Crippen LogP contribution in [-0.4, -0.2) is 22.0 Å². The quantitative estimate of drug-likeness (QED) is 0.618. The van der Waals surface area contributed by atoms with Crippen LogP contribution < -0.4 is 11.2 Å². The van der Waals surface area contributed by atoms with Crippen LogP contribution in [0.2, 0.25) is 0 Å². The van der Waals surface area contributed by atoms with Crippen molar-refractivity contribution in [1.29, 1.82) is 0 Å². The van der Waals surface area contributed by atoms with Crippen molar-refractivity contribution in [2.45, 2.75) is 6.54 Å². The van der Waals surface area contributed by atoms with Gasteiger partial charge in [-0.25, -0.2) is 10.2 Å². The molecule has 0 fully saturated rings. The average molecular weight is 243 g/mol. The first-order valence-corrected chi connectivity index (χ1v) is 5.39. The summed E-state index contributed by atoms with van der Waals surface area (Å²) in [4.78, 5) is 10.4. The second kappa shape index (κ2) is 5.62. The van der Waals surface area contributed by atoms with Crippen molar-refractivity contribution in [1.82, 2.24) is 15.2 Å². The molecule has 0 atom stereocenters. The lowest BCUT2D eigenvalue weighted by molar-refractivity contribution is 0.249. The number of benzene rings is 1. The number of nitrogens with one attached hydrogen (secondary N) is 1. The Labute approximate surface area is 104 Å². The van der Waals surface area contributed by atoms with Gasteiger partial charge in [-0.15, -0.1) is 0 Å². The Kier molecular flexibility index (Phi) is 3.70. The highest BCUT2D eigenvalue weighted by Gasteiger charge is 1.97. The van der Waals surface area contributed by atoms with Crippen LogP contribution in [0.1, 0.15) is 11.1 Å². The summed E-state index contributed by atoms with van der Waals surface area (Å²) < 4.78 is 1.79. The van der Waals surface area contributed by atoms with Gasteiger partial charge in [0.1, 0.15) is 0 Å². The van der Waals surface area contributed by atoms with Crippen LogP contribution in [0.15, 0.2) is 47.8 Å². The van der Waals surface area contributed by atoms with E-state index in [0.717, 1.165) is 5.56 Å². The van der Waals surface area contributed by atoms with Gasteiger partial charge < -0.3 is 5.73 Å².